The van der Waals surface area contributed by atoms with E-state index in [0.29, 0.717) is 6.54 Å². The van der Waals surface area contributed by atoms with E-state index in [1.165, 1.54) is 15.8 Å². The van der Waals surface area contributed by atoms with E-state index in [9.17, 15) is 4.79 Å². The van der Waals surface area contributed by atoms with Crippen LogP contribution in [0.4, 0.5) is 5.82 Å². The van der Waals surface area contributed by atoms with Crippen LogP contribution in [0.3, 0.4) is 0 Å². The van der Waals surface area contributed by atoms with Gasteiger partial charge in [0.25, 0.3) is 0 Å². The minimum absolute atomic E-state index is 0.00551. The number of nitrogens with one attached hydrogen (secondary N) is 1. The number of anilines is 1. The van der Waals surface area contributed by atoms with Gasteiger partial charge in [-0.05, 0) is 51.5 Å². The lowest BCUT2D eigenvalue weighted by Gasteiger charge is -2.32. The zero-order valence-corrected chi connectivity index (χ0v) is 16.4. The summed E-state index contributed by atoms with van der Waals surface area (Å²) in [7, 11) is 0. The predicted octanol–water partition coefficient (Wildman–Crippen LogP) is 2.52. The fourth-order valence-electron chi connectivity index (χ4n) is 3.75. The molecule has 6 nitrogen and oxygen atoms in total. The van der Waals surface area contributed by atoms with E-state index in [0.717, 1.165) is 55.8 Å². The molecule has 0 spiro atoms. The fourth-order valence-corrected chi connectivity index (χ4v) is 4.74. The van der Waals surface area contributed by atoms with Crippen molar-refractivity contribution in [2.45, 2.75) is 51.5 Å². The summed E-state index contributed by atoms with van der Waals surface area (Å²) in [6, 6.07) is 0. The lowest BCUT2D eigenvalue weighted by molar-refractivity contribution is -0.125. The van der Waals surface area contributed by atoms with E-state index in [-0.39, 0.29) is 17.4 Å². The Hall–Kier alpha value is -1.73. The normalized spacial score (nSPS) is 19.7. The predicted molar refractivity (Wildman–Crippen MR) is 106 cm³/mol. The molecule has 1 amide bonds. The molecule has 1 saturated carbocycles. The average molecular weight is 374 g/mol. The second kappa shape index (κ2) is 6.78. The van der Waals surface area contributed by atoms with Crippen LogP contribution < -0.4 is 16.0 Å². The number of nitrogens with two attached hydrogens (primary N) is 1. The van der Waals surface area contributed by atoms with Crippen molar-refractivity contribution in [3.05, 3.63) is 16.8 Å². The number of thiophene rings is 1. The van der Waals surface area contributed by atoms with E-state index in [2.05, 4.69) is 34.0 Å². The third kappa shape index (κ3) is 3.42. The molecule has 140 valence electrons. The first-order chi connectivity index (χ1) is 12.5. The molecule has 1 saturated heterocycles. The van der Waals surface area contributed by atoms with Crippen molar-refractivity contribution in [1.29, 1.82) is 0 Å². The lowest BCUT2D eigenvalue weighted by Crippen LogP contribution is -2.42. The Morgan fingerprint density at radius 2 is 2.08 bits per heavy atom. The number of amides is 1. The zero-order valence-electron chi connectivity index (χ0n) is 15.5. The van der Waals surface area contributed by atoms with Gasteiger partial charge in [-0.3, -0.25) is 4.79 Å². The molecule has 0 aromatic carbocycles. The van der Waals surface area contributed by atoms with Crippen LogP contribution in [0.25, 0.3) is 10.2 Å². The molecule has 26 heavy (non-hydrogen) atoms. The van der Waals surface area contributed by atoms with Gasteiger partial charge in [0.15, 0.2) is 0 Å². The van der Waals surface area contributed by atoms with Gasteiger partial charge < -0.3 is 16.0 Å². The maximum absolute atomic E-state index is 12.4. The van der Waals surface area contributed by atoms with Crippen LogP contribution >= 0.6 is 11.3 Å². The summed E-state index contributed by atoms with van der Waals surface area (Å²) < 4.78 is 0. The molecule has 2 fully saturated rings. The van der Waals surface area contributed by atoms with Gasteiger partial charge in [-0.15, -0.1) is 11.3 Å². The highest BCUT2D eigenvalue weighted by Gasteiger charge is 2.37. The number of piperidine rings is 1. The van der Waals surface area contributed by atoms with E-state index >= 15 is 0 Å². The van der Waals surface area contributed by atoms with E-state index < -0.39 is 0 Å². The quantitative estimate of drug-likeness (QED) is 0.841. The zero-order chi connectivity index (χ0) is 18.3. The molecule has 3 heterocycles. The smallest absolute Gasteiger partial charge is 0.223 e. The molecule has 4 rings (SSSR count). The summed E-state index contributed by atoms with van der Waals surface area (Å²) in [6.45, 7) is 6.70. The number of nitrogens with zero attached hydrogens (tertiary/aromatic N) is 3. The van der Waals surface area contributed by atoms with Crippen molar-refractivity contribution in [3.8, 4) is 0 Å². The van der Waals surface area contributed by atoms with Crippen molar-refractivity contribution in [2.75, 3.05) is 24.5 Å². The van der Waals surface area contributed by atoms with Crippen LogP contribution in [0.2, 0.25) is 0 Å². The minimum Gasteiger partial charge on any atom is -0.356 e. The Balaban J connectivity index is 1.37. The van der Waals surface area contributed by atoms with Crippen LogP contribution in [-0.4, -0.2) is 41.0 Å². The van der Waals surface area contributed by atoms with Crippen LogP contribution in [0, 0.1) is 19.8 Å². The monoisotopic (exact) mass is 373 g/mol. The summed E-state index contributed by atoms with van der Waals surface area (Å²) >= 11 is 1.73. The maximum Gasteiger partial charge on any atom is 0.223 e. The highest BCUT2D eigenvalue weighted by molar-refractivity contribution is 7.18. The molecule has 0 unspecified atom stereocenters. The van der Waals surface area contributed by atoms with Gasteiger partial charge in [0.2, 0.25) is 5.91 Å². The summed E-state index contributed by atoms with van der Waals surface area (Å²) in [5.41, 5.74) is 7.36. The van der Waals surface area contributed by atoms with E-state index in [1.54, 1.807) is 17.7 Å². The van der Waals surface area contributed by atoms with Crippen molar-refractivity contribution < 1.29 is 4.79 Å². The Labute approximate surface area is 158 Å². The molecule has 2 aromatic heterocycles. The molecule has 1 aliphatic heterocycles. The van der Waals surface area contributed by atoms with E-state index in [4.69, 9.17) is 5.73 Å². The van der Waals surface area contributed by atoms with Crippen LogP contribution in [0.15, 0.2) is 6.33 Å². The molecule has 2 aliphatic rings. The van der Waals surface area contributed by atoms with Gasteiger partial charge in [0.1, 0.15) is 17.0 Å². The van der Waals surface area contributed by atoms with Gasteiger partial charge in [-0.1, -0.05) is 0 Å². The average Bonchev–Trinajstić information content (AvgIpc) is 3.30. The molecular weight excluding hydrogens is 346 g/mol. The minimum atomic E-state index is 0.00551. The van der Waals surface area contributed by atoms with Crippen molar-refractivity contribution in [3.63, 3.8) is 0 Å². The molecule has 0 atom stereocenters. The van der Waals surface area contributed by atoms with Crippen molar-refractivity contribution in [1.82, 2.24) is 15.3 Å². The number of carbonyl (C=O) groups excluding carboxylic acids is 1. The van der Waals surface area contributed by atoms with Crippen LogP contribution in [0.1, 0.15) is 42.5 Å². The molecule has 7 heteroatoms. The van der Waals surface area contributed by atoms with Crippen LogP contribution in [-0.2, 0) is 4.79 Å². The molecule has 0 bridgehead atoms. The number of hydrogen-bond donors (Lipinski definition) is 2. The summed E-state index contributed by atoms with van der Waals surface area (Å²) in [6.07, 6.45) is 6.48. The van der Waals surface area contributed by atoms with E-state index in [1.807, 2.05) is 0 Å². The first-order valence-corrected chi connectivity index (χ1v) is 10.3. The Morgan fingerprint density at radius 3 is 2.77 bits per heavy atom. The number of aryl methyl sites for hydroxylation is 2. The molecule has 0 radical (unpaired) electrons. The first-order valence-electron chi connectivity index (χ1n) is 9.49. The summed E-state index contributed by atoms with van der Waals surface area (Å²) in [5, 5.41) is 4.26. The van der Waals surface area contributed by atoms with Gasteiger partial charge in [0, 0.05) is 36.0 Å². The standard InChI is InChI=1S/C19H27N5OS/c1-12-13(2)26-18-15(12)16(22-11-23-18)24-9-3-14(4-10-24)17(25)21-8-7-19(20)5-6-19/h11,14H,3-10,20H2,1-2H3,(H,21,25). The molecule has 2 aromatic rings. The Kier molecular flexibility index (Phi) is 4.61. The highest BCUT2D eigenvalue weighted by Crippen LogP contribution is 2.36. The number of rotatable bonds is 5. The SMILES string of the molecule is Cc1sc2ncnc(N3CCC(C(=O)NCCC4(N)CC4)CC3)c2c1C. The number of aromatic nitrogens is 2. The highest BCUT2D eigenvalue weighted by atomic mass is 32.1. The molecule has 1 aliphatic carbocycles. The van der Waals surface area contributed by atoms with Gasteiger partial charge >= 0.3 is 0 Å². The third-order valence-electron chi connectivity index (χ3n) is 5.92. The Morgan fingerprint density at radius 1 is 1.35 bits per heavy atom. The number of hydrogen-bond acceptors (Lipinski definition) is 6. The summed E-state index contributed by atoms with van der Waals surface area (Å²) in [4.78, 5) is 26.1. The largest absolute Gasteiger partial charge is 0.356 e. The van der Waals surface area contributed by atoms with Gasteiger partial charge in [-0.25, -0.2) is 9.97 Å². The van der Waals surface area contributed by atoms with Gasteiger partial charge in [0.05, 0.1) is 5.39 Å². The maximum atomic E-state index is 12.4. The second-order valence-corrected chi connectivity index (χ2v) is 9.03. The fraction of sp³-hybridized carbons (Fsp3) is 0.632. The number of fused-ring (bicyclic) bond motifs is 1. The van der Waals surface area contributed by atoms with Crippen molar-refractivity contribution >= 4 is 33.3 Å². The lowest BCUT2D eigenvalue weighted by atomic mass is 9.95. The molecule has 3 N–H and O–H groups in total. The molecular formula is C19H27N5OS. The topological polar surface area (TPSA) is 84.1 Å². The third-order valence-corrected chi connectivity index (χ3v) is 7.04. The second-order valence-electron chi connectivity index (χ2n) is 7.83. The first kappa shape index (κ1) is 17.7. The van der Waals surface area contributed by atoms with Gasteiger partial charge in [-0.2, -0.15) is 0 Å². The van der Waals surface area contributed by atoms with Crippen LogP contribution in [0.5, 0.6) is 0 Å². The Bertz CT molecular complexity index is 821. The van der Waals surface area contributed by atoms with Crippen molar-refractivity contribution in [2.24, 2.45) is 11.7 Å². The summed E-state index contributed by atoms with van der Waals surface area (Å²) in [5.74, 6) is 1.31. The number of carbonyl (C=O) groups is 1.